The van der Waals surface area contributed by atoms with Gasteiger partial charge >= 0.3 is 0 Å². The van der Waals surface area contributed by atoms with Gasteiger partial charge in [0, 0.05) is 50.4 Å². The van der Waals surface area contributed by atoms with Gasteiger partial charge < -0.3 is 10.2 Å². The summed E-state index contributed by atoms with van der Waals surface area (Å²) in [6.07, 6.45) is 9.28. The number of benzene rings is 1. The average Bonchev–Trinajstić information content (AvgIpc) is 3.46. The van der Waals surface area contributed by atoms with E-state index in [-0.39, 0.29) is 17.9 Å². The standard InChI is InChI=1S/C20H24N4O2/c1-2-3-12-20(22-23-20)13-9-18(25)24-14-10-17(11-15-24)21-19(26)16-7-5-4-6-8-16/h1,4-8,17H,3,9-15H2,(H,21,26). The summed E-state index contributed by atoms with van der Waals surface area (Å²) >= 11 is 0. The number of amides is 2. The van der Waals surface area contributed by atoms with Crippen molar-refractivity contribution >= 4 is 11.8 Å². The van der Waals surface area contributed by atoms with Crippen LogP contribution < -0.4 is 5.32 Å². The lowest BCUT2D eigenvalue weighted by Gasteiger charge is -2.32. The van der Waals surface area contributed by atoms with E-state index >= 15 is 0 Å². The maximum atomic E-state index is 12.4. The second kappa shape index (κ2) is 8.13. The van der Waals surface area contributed by atoms with Crippen LogP contribution in [0.25, 0.3) is 0 Å². The van der Waals surface area contributed by atoms with Crippen LogP contribution in [0.4, 0.5) is 0 Å². The first-order chi connectivity index (χ1) is 12.6. The minimum atomic E-state index is -0.399. The van der Waals surface area contributed by atoms with Crippen molar-refractivity contribution in [1.82, 2.24) is 10.2 Å². The van der Waals surface area contributed by atoms with Gasteiger partial charge in [0.05, 0.1) is 0 Å². The normalized spacial score (nSPS) is 18.2. The zero-order chi connectivity index (χ0) is 18.4. The second-order valence-corrected chi connectivity index (χ2v) is 6.88. The number of rotatable bonds is 7. The summed E-state index contributed by atoms with van der Waals surface area (Å²) < 4.78 is 0. The van der Waals surface area contributed by atoms with Gasteiger partial charge in [0.15, 0.2) is 5.66 Å². The summed E-state index contributed by atoms with van der Waals surface area (Å²) in [5.41, 5.74) is 0.268. The topological polar surface area (TPSA) is 74.1 Å². The first-order valence-electron chi connectivity index (χ1n) is 9.13. The van der Waals surface area contributed by atoms with Crippen molar-refractivity contribution in [3.05, 3.63) is 35.9 Å². The van der Waals surface area contributed by atoms with Crippen LogP contribution in [-0.4, -0.2) is 41.5 Å². The van der Waals surface area contributed by atoms with E-state index < -0.39 is 5.66 Å². The predicted octanol–water partition coefficient (Wildman–Crippen LogP) is 2.76. The Hall–Kier alpha value is -2.68. The number of likely N-dealkylation sites (tertiary alicyclic amines) is 1. The van der Waals surface area contributed by atoms with Crippen LogP contribution in [0.15, 0.2) is 40.6 Å². The zero-order valence-corrected chi connectivity index (χ0v) is 14.9. The van der Waals surface area contributed by atoms with Gasteiger partial charge in [-0.15, -0.1) is 12.3 Å². The molecule has 26 heavy (non-hydrogen) atoms. The van der Waals surface area contributed by atoms with Crippen molar-refractivity contribution in [2.24, 2.45) is 10.2 Å². The van der Waals surface area contributed by atoms with E-state index in [2.05, 4.69) is 21.5 Å². The molecule has 0 unspecified atom stereocenters. The number of terminal acetylenes is 1. The Bertz CT molecular complexity index is 709. The van der Waals surface area contributed by atoms with Gasteiger partial charge in [-0.05, 0) is 25.0 Å². The third kappa shape index (κ3) is 4.69. The summed E-state index contributed by atoms with van der Waals surface area (Å²) in [7, 11) is 0. The molecule has 0 atom stereocenters. The molecule has 1 aromatic carbocycles. The highest BCUT2D eigenvalue weighted by molar-refractivity contribution is 5.94. The molecule has 1 saturated heterocycles. The number of hydrogen-bond donors (Lipinski definition) is 1. The van der Waals surface area contributed by atoms with Crippen molar-refractivity contribution in [3.8, 4) is 12.3 Å². The Morgan fingerprint density at radius 2 is 1.88 bits per heavy atom. The molecule has 0 radical (unpaired) electrons. The van der Waals surface area contributed by atoms with Crippen LogP contribution in [0.5, 0.6) is 0 Å². The quantitative estimate of drug-likeness (QED) is 0.766. The molecule has 0 aliphatic carbocycles. The highest BCUT2D eigenvalue weighted by Crippen LogP contribution is 2.37. The maximum absolute atomic E-state index is 12.4. The monoisotopic (exact) mass is 352 g/mol. The lowest BCUT2D eigenvalue weighted by molar-refractivity contribution is -0.132. The summed E-state index contributed by atoms with van der Waals surface area (Å²) in [4.78, 5) is 26.5. The maximum Gasteiger partial charge on any atom is 0.251 e. The molecule has 136 valence electrons. The van der Waals surface area contributed by atoms with Crippen molar-refractivity contribution in [2.45, 2.75) is 50.2 Å². The fourth-order valence-corrected chi connectivity index (χ4v) is 3.26. The molecule has 0 bridgehead atoms. The van der Waals surface area contributed by atoms with Crippen LogP contribution in [0.2, 0.25) is 0 Å². The molecule has 2 heterocycles. The van der Waals surface area contributed by atoms with Gasteiger partial charge in [-0.25, -0.2) is 0 Å². The van der Waals surface area contributed by atoms with E-state index in [1.54, 1.807) is 12.1 Å². The highest BCUT2D eigenvalue weighted by Gasteiger charge is 2.39. The molecule has 3 rings (SSSR count). The second-order valence-electron chi connectivity index (χ2n) is 6.88. The fourth-order valence-electron chi connectivity index (χ4n) is 3.26. The van der Waals surface area contributed by atoms with E-state index in [1.807, 2.05) is 23.1 Å². The number of piperidine rings is 1. The van der Waals surface area contributed by atoms with Crippen LogP contribution in [0, 0.1) is 12.3 Å². The molecule has 1 aromatic rings. The molecule has 0 saturated carbocycles. The zero-order valence-electron chi connectivity index (χ0n) is 14.9. The Morgan fingerprint density at radius 3 is 2.50 bits per heavy atom. The molecular formula is C20H24N4O2. The molecule has 6 heteroatoms. The van der Waals surface area contributed by atoms with Crippen molar-refractivity contribution in [3.63, 3.8) is 0 Å². The van der Waals surface area contributed by atoms with Crippen LogP contribution >= 0.6 is 0 Å². The molecule has 1 N–H and O–H groups in total. The van der Waals surface area contributed by atoms with Crippen LogP contribution in [0.1, 0.15) is 48.9 Å². The first-order valence-corrected chi connectivity index (χ1v) is 9.13. The largest absolute Gasteiger partial charge is 0.349 e. The Balaban J connectivity index is 1.39. The Labute approximate surface area is 154 Å². The molecule has 2 amide bonds. The molecule has 0 aromatic heterocycles. The molecule has 2 aliphatic heterocycles. The van der Waals surface area contributed by atoms with E-state index in [0.29, 0.717) is 37.9 Å². The molecule has 0 spiro atoms. The van der Waals surface area contributed by atoms with Gasteiger partial charge in [-0.1, -0.05) is 18.2 Å². The summed E-state index contributed by atoms with van der Waals surface area (Å²) in [5.74, 6) is 2.68. The lowest BCUT2D eigenvalue weighted by Crippen LogP contribution is -2.46. The van der Waals surface area contributed by atoms with E-state index in [9.17, 15) is 9.59 Å². The van der Waals surface area contributed by atoms with Gasteiger partial charge in [0.2, 0.25) is 5.91 Å². The molecule has 6 nitrogen and oxygen atoms in total. The van der Waals surface area contributed by atoms with Crippen molar-refractivity contribution in [1.29, 1.82) is 0 Å². The number of carbonyl (C=O) groups excluding carboxylic acids is 2. The number of carbonyl (C=O) groups is 2. The van der Waals surface area contributed by atoms with Gasteiger partial charge in [0.25, 0.3) is 5.91 Å². The number of nitrogens with one attached hydrogen (secondary N) is 1. The van der Waals surface area contributed by atoms with Crippen molar-refractivity contribution in [2.75, 3.05) is 13.1 Å². The SMILES string of the molecule is C#CCCC1(CCC(=O)N2CCC(NC(=O)c3ccccc3)CC2)N=N1. The minimum Gasteiger partial charge on any atom is -0.349 e. The average molecular weight is 352 g/mol. The van der Waals surface area contributed by atoms with Crippen LogP contribution in [0.3, 0.4) is 0 Å². The van der Waals surface area contributed by atoms with E-state index in [1.165, 1.54) is 0 Å². The van der Waals surface area contributed by atoms with E-state index in [0.717, 1.165) is 19.3 Å². The summed E-state index contributed by atoms with van der Waals surface area (Å²) in [6, 6.07) is 9.31. The smallest absolute Gasteiger partial charge is 0.251 e. The first kappa shape index (κ1) is 18.1. The number of hydrogen-bond acceptors (Lipinski definition) is 4. The predicted molar refractivity (Wildman–Crippen MR) is 98.4 cm³/mol. The van der Waals surface area contributed by atoms with E-state index in [4.69, 9.17) is 6.42 Å². The Morgan fingerprint density at radius 1 is 1.19 bits per heavy atom. The highest BCUT2D eigenvalue weighted by atomic mass is 16.2. The van der Waals surface area contributed by atoms with Crippen LogP contribution in [-0.2, 0) is 4.79 Å². The fraction of sp³-hybridized carbons (Fsp3) is 0.500. The van der Waals surface area contributed by atoms with Gasteiger partial charge in [-0.2, -0.15) is 10.2 Å². The Kier molecular flexibility index (Phi) is 5.67. The van der Waals surface area contributed by atoms with Crippen molar-refractivity contribution < 1.29 is 9.59 Å². The number of nitrogens with zero attached hydrogens (tertiary/aromatic N) is 3. The minimum absolute atomic E-state index is 0.0530. The summed E-state index contributed by atoms with van der Waals surface area (Å²) in [5, 5.41) is 11.2. The molecule has 1 fully saturated rings. The summed E-state index contributed by atoms with van der Waals surface area (Å²) in [6.45, 7) is 1.34. The molecular weight excluding hydrogens is 328 g/mol. The molecule has 2 aliphatic rings. The van der Waals surface area contributed by atoms with Gasteiger partial charge in [-0.3, -0.25) is 9.59 Å². The third-order valence-electron chi connectivity index (χ3n) is 5.01. The lowest BCUT2D eigenvalue weighted by atomic mass is 10.00. The van der Waals surface area contributed by atoms with Gasteiger partial charge in [0.1, 0.15) is 0 Å². The third-order valence-corrected chi connectivity index (χ3v) is 5.01.